The highest BCUT2D eigenvalue weighted by Crippen LogP contribution is 2.24. The second-order valence-corrected chi connectivity index (χ2v) is 3.95. The molecule has 0 saturated carbocycles. The smallest absolute Gasteiger partial charge is 0.254 e. The summed E-state index contributed by atoms with van der Waals surface area (Å²) >= 11 is 0. The highest BCUT2D eigenvalue weighted by molar-refractivity contribution is 6.03. The molecule has 5 heteroatoms. The topological polar surface area (TPSA) is 66.5 Å². The second-order valence-electron chi connectivity index (χ2n) is 3.95. The molecule has 0 aliphatic carbocycles. The number of carbonyl (C=O) groups is 3. The Hall–Kier alpha value is -1.91. The molecule has 1 rings (SSSR count). The summed E-state index contributed by atoms with van der Waals surface area (Å²) in [4.78, 5) is 35.2. The summed E-state index contributed by atoms with van der Waals surface area (Å²) in [6.07, 6.45) is 1.57. The van der Waals surface area contributed by atoms with Crippen LogP contribution in [0.2, 0.25) is 0 Å². The molecule has 1 fully saturated rings. The van der Waals surface area contributed by atoms with E-state index in [1.165, 1.54) is 4.90 Å². The molecule has 1 saturated heterocycles. The van der Waals surface area contributed by atoms with E-state index in [-0.39, 0.29) is 5.91 Å². The Morgan fingerprint density at radius 1 is 1.59 bits per heavy atom. The lowest BCUT2D eigenvalue weighted by Crippen LogP contribution is -2.47. The zero-order valence-electron chi connectivity index (χ0n) is 9.86. The normalized spacial score (nSPS) is 17.2. The fourth-order valence-corrected chi connectivity index (χ4v) is 1.81. The highest BCUT2D eigenvalue weighted by atomic mass is 16.2. The molecule has 3 amide bonds. The molecule has 1 aliphatic heterocycles. The van der Waals surface area contributed by atoms with Gasteiger partial charge in [0.15, 0.2) is 0 Å². The Morgan fingerprint density at radius 2 is 2.24 bits per heavy atom. The van der Waals surface area contributed by atoms with Crippen molar-refractivity contribution in [3.05, 3.63) is 24.3 Å². The van der Waals surface area contributed by atoms with Crippen molar-refractivity contribution in [2.75, 3.05) is 6.54 Å². The predicted octanol–water partition coefficient (Wildman–Crippen LogP) is 0.382. The molecule has 0 spiro atoms. The van der Waals surface area contributed by atoms with Gasteiger partial charge in [0.1, 0.15) is 6.04 Å². The Kier molecular flexibility index (Phi) is 4.20. The molecule has 0 aromatic carbocycles. The van der Waals surface area contributed by atoms with E-state index >= 15 is 0 Å². The Labute approximate surface area is 100 Å². The van der Waals surface area contributed by atoms with E-state index in [1.54, 1.807) is 0 Å². The Bertz CT molecular complexity index is 387. The lowest BCUT2D eigenvalue weighted by Gasteiger charge is -2.25. The summed E-state index contributed by atoms with van der Waals surface area (Å²) in [6, 6.07) is -0.631. The minimum atomic E-state index is -0.631. The van der Waals surface area contributed by atoms with Gasteiger partial charge in [-0.3, -0.25) is 19.7 Å². The SMILES string of the molecule is C=C1CN(C(CCC)C(=O)NC=O)C(=O)C1=C. The first-order chi connectivity index (χ1) is 8.02. The maximum Gasteiger partial charge on any atom is 0.254 e. The Morgan fingerprint density at radius 3 is 2.65 bits per heavy atom. The molecule has 1 heterocycles. The van der Waals surface area contributed by atoms with E-state index in [2.05, 4.69) is 18.5 Å². The van der Waals surface area contributed by atoms with Gasteiger partial charge in [0, 0.05) is 12.1 Å². The standard InChI is InChI=1S/C12H16N2O3/c1-4-5-10(11(16)13-7-15)14-6-8(2)9(3)12(14)17/h7,10H,2-6H2,1H3,(H,13,15,16). The van der Waals surface area contributed by atoms with E-state index in [0.29, 0.717) is 30.5 Å². The second kappa shape index (κ2) is 5.43. The van der Waals surface area contributed by atoms with Crippen LogP contribution >= 0.6 is 0 Å². The third kappa shape index (κ3) is 2.61. The fraction of sp³-hybridized carbons (Fsp3) is 0.417. The van der Waals surface area contributed by atoms with Crippen molar-refractivity contribution in [2.24, 2.45) is 0 Å². The first-order valence-electron chi connectivity index (χ1n) is 5.45. The average molecular weight is 236 g/mol. The maximum atomic E-state index is 11.8. The molecule has 1 atom stereocenters. The molecule has 1 N–H and O–H groups in total. The number of hydrogen-bond acceptors (Lipinski definition) is 3. The van der Waals surface area contributed by atoms with E-state index < -0.39 is 11.9 Å². The van der Waals surface area contributed by atoms with Gasteiger partial charge in [0.2, 0.25) is 12.3 Å². The summed E-state index contributed by atoms with van der Waals surface area (Å²) in [6.45, 7) is 9.55. The van der Waals surface area contributed by atoms with Crippen LogP contribution < -0.4 is 5.32 Å². The summed E-state index contributed by atoms with van der Waals surface area (Å²) in [5.41, 5.74) is 0.958. The highest BCUT2D eigenvalue weighted by Gasteiger charge is 2.36. The quantitative estimate of drug-likeness (QED) is 0.554. The van der Waals surface area contributed by atoms with Crippen LogP contribution in [0.1, 0.15) is 19.8 Å². The number of rotatable bonds is 5. The van der Waals surface area contributed by atoms with E-state index in [1.807, 2.05) is 6.92 Å². The number of hydrogen-bond donors (Lipinski definition) is 1. The first-order valence-corrected chi connectivity index (χ1v) is 5.45. The van der Waals surface area contributed by atoms with Gasteiger partial charge in [-0.25, -0.2) is 0 Å². The van der Waals surface area contributed by atoms with Crippen LogP contribution in [-0.4, -0.2) is 35.7 Å². The van der Waals surface area contributed by atoms with Crippen molar-refractivity contribution in [3.63, 3.8) is 0 Å². The van der Waals surface area contributed by atoms with Crippen LogP contribution in [0, 0.1) is 0 Å². The van der Waals surface area contributed by atoms with Crippen molar-refractivity contribution in [3.8, 4) is 0 Å². The van der Waals surface area contributed by atoms with Gasteiger partial charge in [-0.15, -0.1) is 0 Å². The van der Waals surface area contributed by atoms with Crippen LogP contribution in [0.4, 0.5) is 0 Å². The minimum absolute atomic E-state index is 0.283. The van der Waals surface area contributed by atoms with Crippen molar-refractivity contribution >= 4 is 18.2 Å². The molecule has 0 aromatic rings. The zero-order chi connectivity index (χ0) is 13.0. The van der Waals surface area contributed by atoms with Gasteiger partial charge in [0.25, 0.3) is 5.91 Å². The van der Waals surface area contributed by atoms with Crippen LogP contribution in [0.15, 0.2) is 24.3 Å². The Balaban J connectivity index is 2.88. The predicted molar refractivity (Wildman–Crippen MR) is 62.9 cm³/mol. The van der Waals surface area contributed by atoms with Crippen molar-refractivity contribution in [2.45, 2.75) is 25.8 Å². The number of likely N-dealkylation sites (tertiary alicyclic amines) is 1. The molecule has 17 heavy (non-hydrogen) atoms. The lowest BCUT2D eigenvalue weighted by atomic mass is 10.1. The number of nitrogens with one attached hydrogen (secondary N) is 1. The van der Waals surface area contributed by atoms with Gasteiger partial charge < -0.3 is 4.90 Å². The molecular weight excluding hydrogens is 220 g/mol. The molecule has 0 aromatic heterocycles. The van der Waals surface area contributed by atoms with Crippen molar-refractivity contribution in [1.82, 2.24) is 10.2 Å². The molecule has 5 nitrogen and oxygen atoms in total. The molecule has 0 bridgehead atoms. The van der Waals surface area contributed by atoms with Gasteiger partial charge in [-0.05, 0) is 12.0 Å². The van der Waals surface area contributed by atoms with Crippen molar-refractivity contribution < 1.29 is 14.4 Å². The van der Waals surface area contributed by atoms with Crippen LogP contribution in [0.25, 0.3) is 0 Å². The summed E-state index contributed by atoms with van der Waals surface area (Å²) in [7, 11) is 0. The van der Waals surface area contributed by atoms with Crippen molar-refractivity contribution in [1.29, 1.82) is 0 Å². The van der Waals surface area contributed by atoms with Gasteiger partial charge in [-0.1, -0.05) is 26.5 Å². The largest absolute Gasteiger partial charge is 0.322 e. The third-order valence-electron chi connectivity index (χ3n) is 2.75. The van der Waals surface area contributed by atoms with Gasteiger partial charge in [-0.2, -0.15) is 0 Å². The van der Waals surface area contributed by atoms with Gasteiger partial charge in [0.05, 0.1) is 0 Å². The average Bonchev–Trinajstić information content (AvgIpc) is 2.54. The van der Waals surface area contributed by atoms with Crippen LogP contribution in [0.5, 0.6) is 0 Å². The maximum absolute atomic E-state index is 11.8. The lowest BCUT2D eigenvalue weighted by molar-refractivity contribution is -0.137. The number of amides is 3. The molecule has 0 radical (unpaired) electrons. The summed E-state index contributed by atoms with van der Waals surface area (Å²) in [5.74, 6) is -0.743. The molecule has 92 valence electrons. The van der Waals surface area contributed by atoms with Crippen LogP contribution in [0.3, 0.4) is 0 Å². The fourth-order valence-electron chi connectivity index (χ4n) is 1.81. The molecular formula is C12H16N2O3. The summed E-state index contributed by atoms with van der Waals surface area (Å²) in [5, 5.41) is 2.08. The summed E-state index contributed by atoms with van der Waals surface area (Å²) < 4.78 is 0. The first kappa shape index (κ1) is 13.2. The number of carbonyl (C=O) groups excluding carboxylic acids is 3. The molecule has 1 aliphatic rings. The van der Waals surface area contributed by atoms with E-state index in [9.17, 15) is 14.4 Å². The van der Waals surface area contributed by atoms with Gasteiger partial charge >= 0.3 is 0 Å². The van der Waals surface area contributed by atoms with E-state index in [0.717, 1.165) is 6.42 Å². The zero-order valence-corrected chi connectivity index (χ0v) is 9.86. The monoisotopic (exact) mass is 236 g/mol. The van der Waals surface area contributed by atoms with E-state index in [4.69, 9.17) is 0 Å². The number of nitrogens with zero attached hydrogens (tertiary/aromatic N) is 1. The van der Waals surface area contributed by atoms with Crippen LogP contribution in [-0.2, 0) is 14.4 Å². The minimum Gasteiger partial charge on any atom is -0.322 e. The third-order valence-corrected chi connectivity index (χ3v) is 2.75. The number of imide groups is 1. The molecule has 1 unspecified atom stereocenters.